The molecule has 7 saturated heterocycles. The molecule has 0 radical (unpaired) electrons. The number of imidazole rings is 7. The average molecular weight is 2000 g/mol. The lowest BCUT2D eigenvalue weighted by molar-refractivity contribution is -0.0222. The molecule has 41 heteroatoms. The summed E-state index contributed by atoms with van der Waals surface area (Å²) in [6.07, 6.45) is 22.3. The van der Waals surface area contributed by atoms with Crippen LogP contribution in [0.3, 0.4) is 0 Å². The van der Waals surface area contributed by atoms with Crippen LogP contribution < -0.4 is 34.3 Å². The van der Waals surface area contributed by atoms with Crippen molar-refractivity contribution in [1.29, 1.82) is 0 Å². The van der Waals surface area contributed by atoms with Gasteiger partial charge in [-0.05, 0) is 192 Å². The highest BCUT2D eigenvalue weighted by atomic mass is 19.3. The highest BCUT2D eigenvalue weighted by Gasteiger charge is 2.38. The van der Waals surface area contributed by atoms with Gasteiger partial charge >= 0.3 is 0 Å². The second-order valence-corrected chi connectivity index (χ2v) is 37.5. The van der Waals surface area contributed by atoms with E-state index in [2.05, 4.69) is 84.5 Å². The molecule has 28 rings (SSSR count). The Balaban J connectivity index is 0.0000000969. The largest absolute Gasteiger partial charge is 0.356 e. The minimum atomic E-state index is -2.63. The first kappa shape index (κ1) is 95.2. The molecule has 0 saturated carbocycles. The van der Waals surface area contributed by atoms with E-state index >= 15 is 0 Å². The lowest BCUT2D eigenvalue weighted by atomic mass is 10.1. The van der Waals surface area contributed by atoms with E-state index in [9.17, 15) is 57.1 Å². The molecule has 21 heterocycles. The lowest BCUT2D eigenvalue weighted by Gasteiger charge is -2.33. The van der Waals surface area contributed by atoms with E-state index in [4.69, 9.17) is 0 Å². The Hall–Kier alpha value is -15.6. The molecule has 0 bridgehead atoms. The van der Waals surface area contributed by atoms with Crippen molar-refractivity contribution in [2.45, 2.75) is 133 Å². The van der Waals surface area contributed by atoms with Gasteiger partial charge < -0.3 is 34.3 Å². The predicted molar refractivity (Wildman–Crippen MR) is 537 cm³/mol. The summed E-state index contributed by atoms with van der Waals surface area (Å²) in [5.41, 5.74) is 9.55. The van der Waals surface area contributed by atoms with Crippen molar-refractivity contribution in [3.63, 3.8) is 0 Å². The fourth-order valence-electron chi connectivity index (χ4n) is 20.1. The van der Waals surface area contributed by atoms with Gasteiger partial charge in [0.05, 0.1) is 92.4 Å². The number of para-hydroxylation sites is 8. The summed E-state index contributed by atoms with van der Waals surface area (Å²) in [4.78, 5) is 76.0. The zero-order valence-electron chi connectivity index (χ0n) is 79.2. The fraction of sp³-hybridized carbons (Fsp3) is 0.333. The molecule has 7 aromatic carbocycles. The van der Waals surface area contributed by atoms with E-state index in [1.54, 1.807) is 36.9 Å². The Morgan fingerprint density at radius 3 is 1.02 bits per heavy atom. The van der Waals surface area contributed by atoms with Gasteiger partial charge in [0, 0.05) is 147 Å². The molecule has 28 nitrogen and oxygen atoms in total. The summed E-state index contributed by atoms with van der Waals surface area (Å²) < 4.78 is 188. The molecule has 7 aliphatic heterocycles. The van der Waals surface area contributed by atoms with Crippen molar-refractivity contribution in [1.82, 2.24) is 101 Å². The van der Waals surface area contributed by atoms with Crippen molar-refractivity contribution < 1.29 is 57.1 Å². The first-order chi connectivity index (χ1) is 71.0. The molecular weight excluding hydrogens is 1900 g/mol. The standard InChI is InChI=1S/6C15H14F2N4.C15H15FN4/c16-15(17)7-3-8-20(10-15)13-6-9-21-12-5-2-1-4-11(12)18-14(21)19-13;16-10-4-5-11-14(13(10)17)19-15-18-12(6-9-21(11)15)20-7-2-1-3-8-20;16-10-4-5-11-14(13(10)17)21-9-6-12(19-15(21)18-11)20-7-2-1-3-8-20;16-10-8-12-13(9-11(10)17)21-7-4-14(19-15(21)18-12)20-5-2-1-3-6-20;16-15(17)6-9-20(10-7-15)13-5-8-21-12-4-2-1-3-11(12)18-14(21)19-13;16-10-7-11(17)9-20(8-10)14-5-6-21-13-4-2-1-3-12(13)18-15(21)19-14;16-11-4-3-8-19(10-11)14-7-9-20-13-6-2-1-5-12(13)17-15(20)18-14/h1-2,4-6,9H,3,7-8,10H2;2*4-6,9H,1-3,7-8H2;4,7-9H,1-3,5-6H2;1-5,8H,6-7,9-10H2;1-6,10-11H,7-9H2;1-2,5-7,9,11H,3-4,8,10H2. The Bertz CT molecular complexity index is 8190. The molecule has 14 aromatic heterocycles. The third kappa shape index (κ3) is 19.9. The van der Waals surface area contributed by atoms with E-state index in [0.717, 1.165) is 170 Å². The maximum atomic E-state index is 13.9. The van der Waals surface area contributed by atoms with Crippen LogP contribution in [-0.4, -0.2) is 223 Å². The van der Waals surface area contributed by atoms with Crippen LogP contribution >= 0.6 is 0 Å². The fourth-order valence-corrected chi connectivity index (χ4v) is 20.1. The third-order valence-corrected chi connectivity index (χ3v) is 27.5. The minimum absolute atomic E-state index is 0.0218. The van der Waals surface area contributed by atoms with Crippen LogP contribution in [0.1, 0.15) is 103 Å². The number of anilines is 7. The topological polar surface area (TPSA) is 234 Å². The van der Waals surface area contributed by atoms with Crippen molar-refractivity contribution in [2.75, 3.05) is 126 Å². The number of hydrogen-bond donors (Lipinski definition) is 0. The molecule has 7 aliphatic rings. The smallest absolute Gasteiger partial charge is 0.265 e. The van der Waals surface area contributed by atoms with Crippen molar-refractivity contribution in [3.05, 3.63) is 254 Å². The molecule has 146 heavy (non-hydrogen) atoms. The Morgan fingerprint density at radius 1 is 0.240 bits per heavy atom. The molecule has 21 aromatic rings. The maximum absolute atomic E-state index is 13.9. The van der Waals surface area contributed by atoms with Gasteiger partial charge in [0.25, 0.3) is 11.8 Å². The summed E-state index contributed by atoms with van der Waals surface area (Å²) in [7, 11) is 0. The van der Waals surface area contributed by atoms with Crippen molar-refractivity contribution in [3.8, 4) is 0 Å². The number of nitrogens with zero attached hydrogens (tertiary/aromatic N) is 28. The monoisotopic (exact) mass is 2000 g/mol. The number of hydrogen-bond acceptors (Lipinski definition) is 21. The number of halogens is 13. The SMILES string of the molecule is FC1(F)CCCN(c2ccn3c(n2)nc2ccccc23)C1.FC1(F)CCN(c2ccn3c(n2)nc2ccccc23)CC1.FC1CC(F)CN(c2ccn3c(n2)nc2ccccc23)C1.FC1CCCN(c2ccn3c(n2)nc2ccccc23)C1.Fc1cc2nc3nc(N4CCCCC4)ccn3c2cc1F.Fc1ccc2c(nc3nc(N4CCCCC4)ccn32)c1F.Fc1ccc2nc3nc(N4CCCCC4)ccn3c2c1F. The van der Waals surface area contributed by atoms with Gasteiger partial charge in [-0.2, -0.15) is 34.9 Å². The zero-order chi connectivity index (χ0) is 100. The van der Waals surface area contributed by atoms with Gasteiger partial charge in [-0.1, -0.05) is 48.5 Å². The summed E-state index contributed by atoms with van der Waals surface area (Å²) in [6.45, 7) is 8.57. The maximum Gasteiger partial charge on any atom is 0.265 e. The van der Waals surface area contributed by atoms with E-state index in [0.29, 0.717) is 119 Å². The van der Waals surface area contributed by atoms with Gasteiger partial charge in [0.1, 0.15) is 70.3 Å². The van der Waals surface area contributed by atoms with Crippen LogP contribution in [0, 0.1) is 34.9 Å². The molecule has 3 unspecified atom stereocenters. The van der Waals surface area contributed by atoms with Gasteiger partial charge in [-0.25, -0.2) is 92.0 Å². The molecule has 0 aliphatic carbocycles. The molecule has 7 fully saturated rings. The highest BCUT2D eigenvalue weighted by Crippen LogP contribution is 2.36. The Morgan fingerprint density at radius 2 is 0.575 bits per heavy atom. The third-order valence-electron chi connectivity index (χ3n) is 27.5. The lowest BCUT2D eigenvalue weighted by Crippen LogP contribution is -2.43. The average Bonchev–Trinajstić information content (AvgIpc) is 1.55. The number of piperidine rings is 7. The number of fused-ring (bicyclic) bond motifs is 21. The second kappa shape index (κ2) is 40.5. The molecule has 750 valence electrons. The summed E-state index contributed by atoms with van der Waals surface area (Å²) in [5, 5.41) is 0. The van der Waals surface area contributed by atoms with Crippen LogP contribution in [0.15, 0.2) is 219 Å². The van der Waals surface area contributed by atoms with Gasteiger partial charge in [-0.3, -0.25) is 30.8 Å². The van der Waals surface area contributed by atoms with Crippen LogP contribution in [0.2, 0.25) is 0 Å². The summed E-state index contributed by atoms with van der Waals surface area (Å²) >= 11 is 0. The zero-order valence-corrected chi connectivity index (χ0v) is 79.2. The number of rotatable bonds is 7. The summed E-state index contributed by atoms with van der Waals surface area (Å²) in [6, 6.07) is 51.7. The minimum Gasteiger partial charge on any atom is -0.356 e. The van der Waals surface area contributed by atoms with Crippen LogP contribution in [0.25, 0.3) is 118 Å². The Kier molecular flexibility index (Phi) is 26.4. The second-order valence-electron chi connectivity index (χ2n) is 37.5. The van der Waals surface area contributed by atoms with Gasteiger partial charge in [-0.15, -0.1) is 0 Å². The molecular formula is C105H99F13N28. The Labute approximate surface area is 825 Å². The first-order valence-electron chi connectivity index (χ1n) is 49.2. The van der Waals surface area contributed by atoms with Gasteiger partial charge in [0.15, 0.2) is 34.9 Å². The first-order valence-corrected chi connectivity index (χ1v) is 49.2. The van der Waals surface area contributed by atoms with E-state index < -0.39 is 65.3 Å². The number of alkyl halides is 7. The number of benzene rings is 7. The summed E-state index contributed by atoms with van der Waals surface area (Å²) in [5.74, 6) is -1.62. The van der Waals surface area contributed by atoms with Crippen molar-refractivity contribution >= 4 is 158 Å². The number of aromatic nitrogens is 21. The van der Waals surface area contributed by atoms with Crippen molar-refractivity contribution in [2.24, 2.45) is 0 Å². The quantitative estimate of drug-likeness (QED) is 0.135. The normalized spacial score (nSPS) is 18.3. The highest BCUT2D eigenvalue weighted by molar-refractivity contribution is 5.86. The molecule has 0 N–H and O–H groups in total. The van der Waals surface area contributed by atoms with E-state index in [1.807, 2.05) is 192 Å². The van der Waals surface area contributed by atoms with Crippen LogP contribution in [0.5, 0.6) is 0 Å². The predicted octanol–water partition coefficient (Wildman–Crippen LogP) is 21.3. The van der Waals surface area contributed by atoms with Crippen LogP contribution in [-0.2, 0) is 0 Å². The van der Waals surface area contributed by atoms with Gasteiger partial charge in [0.2, 0.25) is 40.4 Å². The van der Waals surface area contributed by atoms with E-state index in [-0.39, 0.29) is 56.4 Å². The van der Waals surface area contributed by atoms with Crippen LogP contribution in [0.4, 0.5) is 97.8 Å². The molecule has 0 amide bonds. The molecule has 3 atom stereocenters. The van der Waals surface area contributed by atoms with E-state index in [1.165, 1.54) is 48.6 Å². The molecule has 0 spiro atoms.